The van der Waals surface area contributed by atoms with Gasteiger partial charge in [-0.2, -0.15) is 0 Å². The molecule has 0 heterocycles. The Kier molecular flexibility index (Phi) is 9.00. The summed E-state index contributed by atoms with van der Waals surface area (Å²) in [6, 6.07) is 6.90. The number of hydrogen-bond acceptors (Lipinski definition) is 1. The van der Waals surface area contributed by atoms with Crippen LogP contribution < -0.4 is 0 Å². The number of thiocarbonyl (C=S) groups is 1. The molecule has 0 fully saturated rings. The fourth-order valence-electron chi connectivity index (χ4n) is 3.70. The molecule has 0 aliphatic heterocycles. The summed E-state index contributed by atoms with van der Waals surface area (Å²) in [6.07, 6.45) is 8.56. The van der Waals surface area contributed by atoms with E-state index in [4.69, 9.17) is 12.2 Å². The van der Waals surface area contributed by atoms with Crippen LogP contribution in [-0.2, 0) is 6.42 Å². The van der Waals surface area contributed by atoms with Gasteiger partial charge in [-0.1, -0.05) is 98.1 Å². The molecule has 0 bridgehead atoms. The predicted molar refractivity (Wildman–Crippen MR) is 122 cm³/mol. The fourth-order valence-corrected chi connectivity index (χ4v) is 4.20. The molecule has 0 aliphatic carbocycles. The average molecular weight is 375 g/mol. The third-order valence-corrected chi connectivity index (χ3v) is 7.54. The first-order valence-electron chi connectivity index (χ1n) is 10.7. The highest BCUT2D eigenvalue weighted by Gasteiger charge is 2.26. The van der Waals surface area contributed by atoms with E-state index < -0.39 is 0 Å². The number of hydrogen-bond donors (Lipinski definition) is 0. The third-order valence-electron chi connectivity index (χ3n) is 7.16. The maximum Gasteiger partial charge on any atom is 0.0230 e. The first-order chi connectivity index (χ1) is 12.1. The second-order valence-corrected chi connectivity index (χ2v) is 9.90. The Morgan fingerprint density at radius 1 is 1.08 bits per heavy atom. The molecule has 1 unspecified atom stereocenters. The van der Waals surface area contributed by atoms with Crippen LogP contribution in [0, 0.1) is 23.7 Å². The van der Waals surface area contributed by atoms with Crippen LogP contribution in [0.5, 0.6) is 0 Å². The molecule has 26 heavy (non-hydrogen) atoms. The molecule has 1 atom stereocenters. The molecule has 1 rings (SSSR count). The van der Waals surface area contributed by atoms with Gasteiger partial charge in [0.05, 0.1) is 0 Å². The van der Waals surface area contributed by atoms with Gasteiger partial charge in [-0.25, -0.2) is 0 Å². The molecule has 0 radical (unpaired) electrons. The lowest BCUT2D eigenvalue weighted by Gasteiger charge is -2.31. The molecule has 0 aliphatic rings. The predicted octanol–water partition coefficient (Wildman–Crippen LogP) is 8.32. The zero-order chi connectivity index (χ0) is 20.0. The smallest absolute Gasteiger partial charge is 0.0230 e. The van der Waals surface area contributed by atoms with Crippen LogP contribution in [0.3, 0.4) is 0 Å². The molecule has 0 nitrogen and oxygen atoms in total. The first kappa shape index (κ1) is 23.3. The van der Waals surface area contributed by atoms with Gasteiger partial charge in [0.15, 0.2) is 0 Å². The van der Waals surface area contributed by atoms with Crippen molar-refractivity contribution >= 4 is 17.1 Å². The van der Waals surface area contributed by atoms with E-state index in [2.05, 4.69) is 73.6 Å². The molecule has 1 heteroatoms. The Bertz CT molecular complexity index is 578. The quantitative estimate of drug-likeness (QED) is 0.277. The van der Waals surface area contributed by atoms with Gasteiger partial charge in [-0.05, 0) is 66.0 Å². The SMILES string of the molecule is CCC(C)C(C)(C)CC(=S)c1ccc(CCCC(C)(CC)CC)c(C)c1. The molecule has 0 amide bonds. The maximum absolute atomic E-state index is 5.81. The number of rotatable bonds is 11. The Labute approximate surface area is 169 Å². The summed E-state index contributed by atoms with van der Waals surface area (Å²) in [7, 11) is 0. The van der Waals surface area contributed by atoms with E-state index in [-0.39, 0.29) is 5.41 Å². The van der Waals surface area contributed by atoms with E-state index in [0.29, 0.717) is 11.3 Å². The minimum atomic E-state index is 0.267. The van der Waals surface area contributed by atoms with Crippen molar-refractivity contribution in [2.75, 3.05) is 0 Å². The lowest BCUT2D eigenvalue weighted by molar-refractivity contribution is 0.236. The molecular formula is C25H42S. The van der Waals surface area contributed by atoms with E-state index in [9.17, 15) is 0 Å². The van der Waals surface area contributed by atoms with Crippen molar-refractivity contribution in [3.63, 3.8) is 0 Å². The van der Waals surface area contributed by atoms with Gasteiger partial charge < -0.3 is 0 Å². The summed E-state index contributed by atoms with van der Waals surface area (Å²) in [6.45, 7) is 18.7. The topological polar surface area (TPSA) is 0 Å². The molecule has 0 spiro atoms. The molecule has 1 aromatic rings. The highest BCUT2D eigenvalue weighted by atomic mass is 32.1. The summed E-state index contributed by atoms with van der Waals surface area (Å²) in [5.41, 5.74) is 4.93. The van der Waals surface area contributed by atoms with Crippen molar-refractivity contribution in [2.45, 2.75) is 100 Å². The van der Waals surface area contributed by atoms with E-state index in [1.54, 1.807) is 0 Å². The Morgan fingerprint density at radius 2 is 1.69 bits per heavy atom. The van der Waals surface area contributed by atoms with Crippen molar-refractivity contribution in [1.82, 2.24) is 0 Å². The van der Waals surface area contributed by atoms with Crippen molar-refractivity contribution < 1.29 is 0 Å². The van der Waals surface area contributed by atoms with Crippen molar-refractivity contribution in [3.05, 3.63) is 34.9 Å². The van der Waals surface area contributed by atoms with Crippen LogP contribution in [0.1, 0.15) is 104 Å². The second kappa shape index (κ2) is 10.0. The van der Waals surface area contributed by atoms with Crippen molar-refractivity contribution in [2.24, 2.45) is 16.7 Å². The molecule has 0 N–H and O–H groups in total. The van der Waals surface area contributed by atoms with Crippen LogP contribution in [0.25, 0.3) is 0 Å². The third kappa shape index (κ3) is 6.48. The van der Waals surface area contributed by atoms with Crippen LogP contribution in [-0.4, -0.2) is 4.86 Å². The van der Waals surface area contributed by atoms with Gasteiger partial charge >= 0.3 is 0 Å². The second-order valence-electron chi connectivity index (χ2n) is 9.41. The molecule has 0 aromatic heterocycles. The van der Waals surface area contributed by atoms with E-state index >= 15 is 0 Å². The maximum atomic E-state index is 5.81. The van der Waals surface area contributed by atoms with Crippen LogP contribution in [0.4, 0.5) is 0 Å². The largest absolute Gasteiger partial charge is 0.0843 e. The Hall–Kier alpha value is -0.690. The average Bonchev–Trinajstić information content (AvgIpc) is 2.61. The van der Waals surface area contributed by atoms with E-state index in [1.807, 2.05) is 0 Å². The standard InChI is InChI=1S/C25H42S/c1-9-20(5)24(6,7)18-23(26)22-15-14-21(19(4)17-22)13-12-16-25(8,10-2)11-3/h14-15,17,20H,9-13,16,18H2,1-8H3. The summed E-state index contributed by atoms with van der Waals surface area (Å²) in [5.74, 6) is 0.687. The van der Waals surface area contributed by atoms with Crippen LogP contribution in [0.15, 0.2) is 18.2 Å². The highest BCUT2D eigenvalue weighted by Crippen LogP contribution is 2.35. The fraction of sp³-hybridized carbons (Fsp3) is 0.720. The van der Waals surface area contributed by atoms with E-state index in [1.165, 1.54) is 55.2 Å². The van der Waals surface area contributed by atoms with Gasteiger partial charge in [-0.15, -0.1) is 0 Å². The highest BCUT2D eigenvalue weighted by molar-refractivity contribution is 7.80. The Balaban J connectivity index is 2.73. The molecule has 0 saturated carbocycles. The first-order valence-corrected chi connectivity index (χ1v) is 11.1. The van der Waals surface area contributed by atoms with Gasteiger partial charge in [0.1, 0.15) is 0 Å². The summed E-state index contributed by atoms with van der Waals surface area (Å²) >= 11 is 5.81. The molecular weight excluding hydrogens is 332 g/mol. The summed E-state index contributed by atoms with van der Waals surface area (Å²) in [5, 5.41) is 0. The minimum Gasteiger partial charge on any atom is -0.0843 e. The van der Waals surface area contributed by atoms with Gasteiger partial charge in [0, 0.05) is 4.86 Å². The zero-order valence-corrected chi connectivity index (χ0v) is 19.5. The zero-order valence-electron chi connectivity index (χ0n) is 18.7. The summed E-state index contributed by atoms with van der Waals surface area (Å²) < 4.78 is 0. The number of benzene rings is 1. The molecule has 148 valence electrons. The van der Waals surface area contributed by atoms with Crippen LogP contribution in [0.2, 0.25) is 0 Å². The van der Waals surface area contributed by atoms with Crippen molar-refractivity contribution in [1.29, 1.82) is 0 Å². The van der Waals surface area contributed by atoms with Crippen LogP contribution >= 0.6 is 12.2 Å². The normalized spacial score (nSPS) is 13.7. The minimum absolute atomic E-state index is 0.267. The Morgan fingerprint density at radius 3 is 2.19 bits per heavy atom. The lowest BCUT2D eigenvalue weighted by atomic mass is 9.74. The molecule has 1 aromatic carbocycles. The number of aryl methyl sites for hydroxylation is 2. The van der Waals surface area contributed by atoms with Crippen molar-refractivity contribution in [3.8, 4) is 0 Å². The van der Waals surface area contributed by atoms with E-state index in [0.717, 1.165) is 11.3 Å². The summed E-state index contributed by atoms with van der Waals surface area (Å²) in [4.78, 5) is 1.12. The lowest BCUT2D eigenvalue weighted by Crippen LogP contribution is -2.24. The molecule has 0 saturated heterocycles. The van der Waals surface area contributed by atoms with Gasteiger partial charge in [0.2, 0.25) is 0 Å². The van der Waals surface area contributed by atoms with Gasteiger partial charge in [0.25, 0.3) is 0 Å². The monoisotopic (exact) mass is 374 g/mol. The van der Waals surface area contributed by atoms with Gasteiger partial charge in [-0.3, -0.25) is 0 Å².